The number of carbonyl (C=O) groups is 2. The van der Waals surface area contributed by atoms with Crippen molar-refractivity contribution in [2.24, 2.45) is 0 Å². The number of likely N-dealkylation sites (tertiary alicyclic amines) is 2. The number of amides is 2. The molecule has 0 aromatic heterocycles. The summed E-state index contributed by atoms with van der Waals surface area (Å²) in [5.41, 5.74) is 8.96. The maximum absolute atomic E-state index is 13.3. The lowest BCUT2D eigenvalue weighted by molar-refractivity contribution is 0.0507. The van der Waals surface area contributed by atoms with Crippen molar-refractivity contribution in [3.8, 4) is 34.5 Å². The highest BCUT2D eigenvalue weighted by molar-refractivity contribution is 7.84. The molecule has 8 aromatic carbocycles. The molecule has 0 saturated carbocycles. The molecule has 19 nitrogen and oxygen atoms in total. The number of fused-ring (bicyclic) bond motifs is 1. The average molecular weight is 1500 g/mol. The number of phenols is 1. The van der Waals surface area contributed by atoms with Gasteiger partial charge in [0.05, 0.1) is 52.1 Å². The molecule has 4 aliphatic rings. The molecule has 0 spiro atoms. The first-order valence-corrected chi connectivity index (χ1v) is 37.9. The predicted molar refractivity (Wildman–Crippen MR) is 431 cm³/mol. The Balaban J connectivity index is 0.000000236. The Morgan fingerprint density at radius 3 is 1.34 bits per heavy atom. The number of nitrogens with zero attached hydrogens (tertiary/aromatic N) is 3. The van der Waals surface area contributed by atoms with E-state index >= 15 is 0 Å². The van der Waals surface area contributed by atoms with Gasteiger partial charge in [0.2, 0.25) is 0 Å². The molecule has 4 aliphatic heterocycles. The monoisotopic (exact) mass is 1490 g/mol. The van der Waals surface area contributed by atoms with Crippen molar-refractivity contribution in [1.82, 2.24) is 30.1 Å². The summed E-state index contributed by atoms with van der Waals surface area (Å²) in [5.74, 6) is 6.05. The van der Waals surface area contributed by atoms with Crippen molar-refractivity contribution in [1.29, 1.82) is 0 Å². The van der Waals surface area contributed by atoms with E-state index < -0.39 is 22.4 Å². The molecule has 21 heteroatoms. The van der Waals surface area contributed by atoms with E-state index in [4.69, 9.17) is 42.4 Å². The molecular weight excluding hydrogens is 1380 g/mol. The Bertz CT molecular complexity index is 4020. The van der Waals surface area contributed by atoms with Crippen molar-refractivity contribution in [3.05, 3.63) is 258 Å². The summed E-state index contributed by atoms with van der Waals surface area (Å²) in [6.07, 6.45) is 1.67. The second-order valence-electron chi connectivity index (χ2n) is 28.3. The molecule has 0 aliphatic carbocycles. The van der Waals surface area contributed by atoms with Gasteiger partial charge < -0.3 is 61.6 Å². The van der Waals surface area contributed by atoms with Crippen LogP contribution in [0.25, 0.3) is 0 Å². The predicted octanol–water partition coefficient (Wildman–Crippen LogP) is 16.4. The van der Waals surface area contributed by atoms with E-state index in [9.17, 15) is 18.0 Å². The Labute approximate surface area is 645 Å². The normalized spacial score (nSPS) is 20.3. The smallest absolute Gasteiger partial charge is 0.410 e. The number of phenolic OH excluding ortho intramolecular Hbond substituents is 1. The van der Waals surface area contributed by atoms with Gasteiger partial charge in [0.1, 0.15) is 60.9 Å². The molecule has 0 bridgehead atoms. The van der Waals surface area contributed by atoms with Gasteiger partial charge in [-0.1, -0.05) is 182 Å². The number of ether oxygens (including phenoxy) is 7. The minimum atomic E-state index is -3.90. The van der Waals surface area contributed by atoms with Crippen LogP contribution in [0.4, 0.5) is 9.59 Å². The molecule has 2 amide bonds. The lowest BCUT2D eigenvalue weighted by Gasteiger charge is -2.38. The summed E-state index contributed by atoms with van der Waals surface area (Å²) in [6.45, 7) is 22.3. The molecule has 4 fully saturated rings. The van der Waals surface area contributed by atoms with Crippen molar-refractivity contribution < 1.29 is 60.5 Å². The summed E-state index contributed by atoms with van der Waals surface area (Å²) < 4.78 is 71.2. The van der Waals surface area contributed by atoms with Crippen LogP contribution in [-0.4, -0.2) is 144 Å². The lowest BCUT2D eigenvalue weighted by atomic mass is 10.0. The molecule has 9 atom stereocenters. The van der Waals surface area contributed by atoms with Gasteiger partial charge in [-0.25, -0.2) is 9.59 Å². The number of nitrogens with one attached hydrogen (secondary N) is 3. The van der Waals surface area contributed by atoms with Gasteiger partial charge in [-0.05, 0) is 175 Å². The van der Waals surface area contributed by atoms with Crippen LogP contribution in [0.2, 0.25) is 0 Å². The van der Waals surface area contributed by atoms with E-state index in [0.717, 1.165) is 64.6 Å². The SMILES string of the molecule is C.CC(C)c1ccc(O)cc1.COc1ccc(CN2[C@H]3C[C@@H](C)N(C(=O)OCc4ccccc4)[C@H]3COS2(=O)=O)cc1.COc1ccc(CN[C@H]2C[C@@H](C)N(C(=O)OCc3ccccc3)[C@H]2COc2ccc(C(C)C)cc2)cc1.COc1ccc(CN[C@H]2C[C@@H](C)N[C@H]2COc2ccc(C(C)C)cc2)cc1.[B].[CH3-]. The first-order chi connectivity index (χ1) is 50.6. The number of methoxy groups -OCH3 is 3. The number of hydrogen-bond acceptors (Lipinski definition) is 16. The maximum Gasteiger partial charge on any atom is 0.410 e. The van der Waals surface area contributed by atoms with Crippen molar-refractivity contribution >= 4 is 30.9 Å². The minimum absolute atomic E-state index is 0. The molecule has 0 unspecified atom stereocenters. The van der Waals surface area contributed by atoms with E-state index in [0.29, 0.717) is 73.6 Å². The molecule has 4 heterocycles. The van der Waals surface area contributed by atoms with Crippen LogP contribution in [0.3, 0.4) is 0 Å². The van der Waals surface area contributed by atoms with Crippen LogP contribution in [0.15, 0.2) is 206 Å². The van der Waals surface area contributed by atoms with Crippen LogP contribution >= 0.6 is 0 Å². The fourth-order valence-corrected chi connectivity index (χ4v) is 14.8. The highest BCUT2D eigenvalue weighted by Gasteiger charge is 2.52. The summed E-state index contributed by atoms with van der Waals surface area (Å²) in [6, 6.07) is 66.9. The first-order valence-electron chi connectivity index (χ1n) is 36.6. The topological polar surface area (TPSA) is 208 Å². The number of carbonyl (C=O) groups excluding carboxylic acids is 2. The zero-order valence-corrected chi connectivity index (χ0v) is 65.3. The van der Waals surface area contributed by atoms with Crippen LogP contribution in [-0.2, 0) is 56.8 Å². The molecule has 3 radical (unpaired) electrons. The molecule has 581 valence electrons. The van der Waals surface area contributed by atoms with Crippen LogP contribution in [0, 0.1) is 7.43 Å². The second kappa shape index (κ2) is 43.2. The van der Waals surface area contributed by atoms with Crippen LogP contribution in [0.1, 0.15) is 151 Å². The van der Waals surface area contributed by atoms with Gasteiger partial charge in [0.25, 0.3) is 0 Å². The number of benzene rings is 8. The number of rotatable bonds is 24. The zero-order valence-electron chi connectivity index (χ0n) is 64.5. The summed E-state index contributed by atoms with van der Waals surface area (Å²) in [4.78, 5) is 29.6. The van der Waals surface area contributed by atoms with Crippen molar-refractivity contribution in [2.75, 3.05) is 41.2 Å². The van der Waals surface area contributed by atoms with Gasteiger partial charge in [-0.3, -0.25) is 14.0 Å². The van der Waals surface area contributed by atoms with E-state index in [2.05, 4.69) is 132 Å². The van der Waals surface area contributed by atoms with Crippen LogP contribution in [0.5, 0.6) is 34.5 Å². The number of hydrogen-bond donors (Lipinski definition) is 4. The third-order valence-electron chi connectivity index (χ3n) is 19.7. The molecule has 4 N–H and O–H groups in total. The molecule has 8 aromatic rings. The largest absolute Gasteiger partial charge is 0.508 e. The van der Waals surface area contributed by atoms with Crippen LogP contribution < -0.4 is 39.6 Å². The van der Waals surface area contributed by atoms with E-state index in [1.807, 2.05) is 133 Å². The van der Waals surface area contributed by atoms with Gasteiger partial charge in [-0.2, -0.15) is 12.7 Å². The summed E-state index contributed by atoms with van der Waals surface area (Å²) in [5, 5.41) is 19.9. The van der Waals surface area contributed by atoms with Crippen molar-refractivity contribution in [3.63, 3.8) is 0 Å². The van der Waals surface area contributed by atoms with Gasteiger partial charge in [0.15, 0.2) is 0 Å². The molecular formula is C87H115BN6O13S-. The second-order valence-corrected chi connectivity index (χ2v) is 29.9. The van der Waals surface area contributed by atoms with Gasteiger partial charge in [-0.15, -0.1) is 0 Å². The van der Waals surface area contributed by atoms with E-state index in [1.165, 1.54) is 26.6 Å². The van der Waals surface area contributed by atoms with Gasteiger partial charge >= 0.3 is 22.5 Å². The van der Waals surface area contributed by atoms with Crippen molar-refractivity contribution in [2.45, 2.75) is 194 Å². The quantitative estimate of drug-likeness (QED) is 0.0328. The molecule has 12 rings (SSSR count). The Morgan fingerprint density at radius 1 is 0.500 bits per heavy atom. The Kier molecular flexibility index (Phi) is 35.1. The highest BCUT2D eigenvalue weighted by atomic mass is 32.2. The number of aromatic hydroxyl groups is 1. The van der Waals surface area contributed by atoms with E-state index in [1.54, 1.807) is 50.5 Å². The zero-order chi connectivity index (χ0) is 75.0. The average Bonchev–Trinajstić information content (AvgIpc) is 1.59. The lowest BCUT2D eigenvalue weighted by Crippen LogP contribution is -2.56. The minimum Gasteiger partial charge on any atom is -0.508 e. The summed E-state index contributed by atoms with van der Waals surface area (Å²) >= 11 is 0. The summed E-state index contributed by atoms with van der Waals surface area (Å²) in [7, 11) is 1.04. The fourth-order valence-electron chi connectivity index (χ4n) is 13.5. The Morgan fingerprint density at radius 2 is 0.898 bits per heavy atom. The standard InChI is InChI=1S/C31H38N2O4.C23H32N2O2.C22H26N2O6S.C9H12O.CH4.CH3.B/c1-22(2)26-12-16-28(17-13-26)36-21-30-29(32-19-24-10-14-27(35-4)15-11-24)18-23(3)33(30)31(34)37-20-25-8-6-5-7-9-25;1-16(2)19-7-11-21(12-8-19)27-15-23-22(13-17(3)25-23)24-14-18-5-9-20(26-4)10-6-18;1-16-12-20-21(24(16)22(25)29-14-18-6-4-3-5-7-18)15-30-31(26,27)23(20)13-17-8-10-19(28-2)11-9-17;1-7(2)8-3-5-9(10)6-4-8;;;/h5-17,22-23,29-30,32H,18-21H2,1-4H3;5-12,16-17,22-25H,13-15H2,1-4H3;3-11,16,20-21H,12-15H2,1-2H3;3-7,10H,1-2H3;1H4;1H3;/q;;;;;-1;/t23-,29+,30+;17-,22+,23+;16-,20+,21+;;;;/m111..../s1. The molecule has 108 heavy (non-hydrogen) atoms. The Hall–Kier alpha value is -9.09. The van der Waals surface area contributed by atoms with E-state index in [-0.39, 0.29) is 85.9 Å². The fraction of sp³-hybridized carbons (Fsp3) is 0.414. The first kappa shape index (κ1) is 87.8. The highest BCUT2D eigenvalue weighted by Crippen LogP contribution is 2.37. The maximum atomic E-state index is 13.3. The third kappa shape index (κ3) is 25.5. The molecule has 4 saturated heterocycles. The van der Waals surface area contributed by atoms with Gasteiger partial charge in [0, 0.05) is 58.3 Å². The third-order valence-corrected chi connectivity index (χ3v) is 21.1.